The summed E-state index contributed by atoms with van der Waals surface area (Å²) in [7, 11) is 0. The van der Waals surface area contributed by atoms with Crippen LogP contribution in [0.3, 0.4) is 0 Å². The molecule has 1 rings (SSSR count). The molecule has 6 heteroatoms. The highest BCUT2D eigenvalue weighted by atomic mass is 32.1. The maximum atomic E-state index is 14.1. The first kappa shape index (κ1) is 15.8. The summed E-state index contributed by atoms with van der Waals surface area (Å²) < 4.78 is 27.9. The molecule has 0 bridgehead atoms. The Morgan fingerprint density at radius 3 is 2.47 bits per heavy atom. The van der Waals surface area contributed by atoms with Crippen LogP contribution < -0.4 is 10.6 Å². The summed E-state index contributed by atoms with van der Waals surface area (Å²) in [6.07, 6.45) is 0.482. The Labute approximate surface area is 117 Å². The van der Waals surface area contributed by atoms with E-state index in [9.17, 15) is 8.78 Å². The molecule has 0 aliphatic heterocycles. The summed E-state index contributed by atoms with van der Waals surface area (Å²) in [5.74, 6) is -1.99. The van der Waals surface area contributed by atoms with Gasteiger partial charge in [0.2, 0.25) is 0 Å². The van der Waals surface area contributed by atoms with Crippen LogP contribution in [0.15, 0.2) is 12.1 Å². The van der Waals surface area contributed by atoms with Crippen molar-refractivity contribution < 1.29 is 13.9 Å². The predicted octanol–water partition coefficient (Wildman–Crippen LogP) is 2.20. The average Bonchev–Trinajstić information content (AvgIpc) is 2.33. The second-order valence-corrected chi connectivity index (χ2v) is 4.93. The van der Waals surface area contributed by atoms with Crippen molar-refractivity contribution in [2.45, 2.75) is 26.3 Å². The van der Waals surface area contributed by atoms with Crippen molar-refractivity contribution >= 4 is 22.9 Å². The smallest absolute Gasteiger partial charge is 0.182 e. The molecule has 0 saturated heterocycles. The SMILES string of the molecule is CC(C)N(CCCO)c1ccc(C(N)=S)c(F)c1F. The number of aliphatic hydroxyl groups excluding tert-OH is 1. The van der Waals surface area contributed by atoms with Crippen LogP contribution in [0.25, 0.3) is 0 Å². The molecule has 106 valence electrons. The lowest BCUT2D eigenvalue weighted by Gasteiger charge is -2.29. The van der Waals surface area contributed by atoms with Crippen LogP contribution in [-0.4, -0.2) is 29.3 Å². The number of nitrogens with zero attached hydrogens (tertiary/aromatic N) is 1. The Balaban J connectivity index is 3.18. The van der Waals surface area contributed by atoms with E-state index in [2.05, 4.69) is 12.2 Å². The molecule has 0 atom stereocenters. The third kappa shape index (κ3) is 3.61. The first-order chi connectivity index (χ1) is 8.90. The number of benzene rings is 1. The zero-order chi connectivity index (χ0) is 14.6. The molecular formula is C13H18F2N2OS. The van der Waals surface area contributed by atoms with Gasteiger partial charge in [0.1, 0.15) is 4.99 Å². The standard InChI is InChI=1S/C13H18F2N2OS/c1-8(2)17(6-3-7-18)10-5-4-9(13(16)19)11(14)12(10)15/h4-5,8,18H,3,6-7H2,1-2H3,(H2,16,19). The van der Waals surface area contributed by atoms with Gasteiger partial charge in [0.15, 0.2) is 11.6 Å². The summed E-state index contributed by atoms with van der Waals surface area (Å²) in [5, 5.41) is 8.86. The first-order valence-corrected chi connectivity index (χ1v) is 6.46. The molecule has 19 heavy (non-hydrogen) atoms. The molecule has 0 aliphatic rings. The van der Waals surface area contributed by atoms with Crippen molar-refractivity contribution in [1.82, 2.24) is 0 Å². The zero-order valence-corrected chi connectivity index (χ0v) is 11.8. The maximum absolute atomic E-state index is 14.1. The van der Waals surface area contributed by atoms with Crippen molar-refractivity contribution in [2.75, 3.05) is 18.1 Å². The molecule has 0 radical (unpaired) electrons. The lowest BCUT2D eigenvalue weighted by molar-refractivity contribution is 0.288. The topological polar surface area (TPSA) is 49.5 Å². The third-order valence-electron chi connectivity index (χ3n) is 2.82. The quantitative estimate of drug-likeness (QED) is 0.788. The van der Waals surface area contributed by atoms with E-state index in [1.54, 1.807) is 4.90 Å². The maximum Gasteiger partial charge on any atom is 0.182 e. The largest absolute Gasteiger partial charge is 0.396 e. The number of aliphatic hydroxyl groups is 1. The number of thiocarbonyl (C=S) groups is 1. The van der Waals surface area contributed by atoms with Crippen LogP contribution in [-0.2, 0) is 0 Å². The second kappa shape index (κ2) is 6.77. The molecule has 0 fully saturated rings. The van der Waals surface area contributed by atoms with Crippen LogP contribution in [0.2, 0.25) is 0 Å². The molecule has 1 aromatic carbocycles. The third-order valence-corrected chi connectivity index (χ3v) is 3.04. The van der Waals surface area contributed by atoms with Gasteiger partial charge in [-0.3, -0.25) is 0 Å². The van der Waals surface area contributed by atoms with Crippen molar-refractivity contribution in [3.8, 4) is 0 Å². The van der Waals surface area contributed by atoms with Crippen molar-refractivity contribution in [1.29, 1.82) is 0 Å². The van der Waals surface area contributed by atoms with E-state index in [-0.39, 0.29) is 28.9 Å². The summed E-state index contributed by atoms with van der Waals surface area (Å²) in [6.45, 7) is 4.18. The van der Waals surface area contributed by atoms with E-state index in [1.165, 1.54) is 12.1 Å². The molecular weight excluding hydrogens is 270 g/mol. The fourth-order valence-corrected chi connectivity index (χ4v) is 2.01. The van der Waals surface area contributed by atoms with Gasteiger partial charge in [0.05, 0.1) is 5.69 Å². The Morgan fingerprint density at radius 2 is 2.00 bits per heavy atom. The van der Waals surface area contributed by atoms with Gasteiger partial charge in [-0.25, -0.2) is 8.78 Å². The predicted molar refractivity (Wildman–Crippen MR) is 76.4 cm³/mol. The average molecular weight is 288 g/mol. The molecule has 3 N–H and O–H groups in total. The first-order valence-electron chi connectivity index (χ1n) is 6.05. The molecule has 0 spiro atoms. The lowest BCUT2D eigenvalue weighted by Crippen LogP contribution is -2.33. The second-order valence-electron chi connectivity index (χ2n) is 4.49. The van der Waals surface area contributed by atoms with Crippen LogP contribution in [0.5, 0.6) is 0 Å². The molecule has 0 unspecified atom stereocenters. The number of nitrogens with two attached hydrogens (primary N) is 1. The van der Waals surface area contributed by atoms with Crippen LogP contribution in [0.4, 0.5) is 14.5 Å². The van der Waals surface area contributed by atoms with Gasteiger partial charge in [0.25, 0.3) is 0 Å². The Morgan fingerprint density at radius 1 is 1.37 bits per heavy atom. The van der Waals surface area contributed by atoms with Gasteiger partial charge in [-0.2, -0.15) is 0 Å². The van der Waals surface area contributed by atoms with E-state index < -0.39 is 11.6 Å². The fourth-order valence-electron chi connectivity index (χ4n) is 1.85. The van der Waals surface area contributed by atoms with Gasteiger partial charge >= 0.3 is 0 Å². The van der Waals surface area contributed by atoms with E-state index in [0.717, 1.165) is 0 Å². The Kier molecular flexibility index (Phi) is 5.62. The minimum Gasteiger partial charge on any atom is -0.396 e. The van der Waals surface area contributed by atoms with E-state index in [1.807, 2.05) is 13.8 Å². The van der Waals surface area contributed by atoms with Crippen LogP contribution >= 0.6 is 12.2 Å². The number of anilines is 1. The number of rotatable bonds is 6. The lowest BCUT2D eigenvalue weighted by atomic mass is 10.1. The highest BCUT2D eigenvalue weighted by Crippen LogP contribution is 2.26. The van der Waals surface area contributed by atoms with Gasteiger partial charge in [0, 0.05) is 24.8 Å². The Bertz CT molecular complexity index is 466. The minimum absolute atomic E-state index is 0.00170. The molecule has 0 aromatic heterocycles. The van der Waals surface area contributed by atoms with E-state index >= 15 is 0 Å². The monoisotopic (exact) mass is 288 g/mol. The van der Waals surface area contributed by atoms with Crippen LogP contribution in [0.1, 0.15) is 25.8 Å². The van der Waals surface area contributed by atoms with E-state index in [4.69, 9.17) is 10.8 Å². The molecule has 0 amide bonds. The molecule has 3 nitrogen and oxygen atoms in total. The van der Waals surface area contributed by atoms with E-state index in [0.29, 0.717) is 13.0 Å². The van der Waals surface area contributed by atoms with Crippen LogP contribution in [0, 0.1) is 11.6 Å². The minimum atomic E-state index is -1.03. The fraction of sp³-hybridized carbons (Fsp3) is 0.462. The summed E-state index contributed by atoms with van der Waals surface area (Å²) in [4.78, 5) is 1.52. The summed E-state index contributed by atoms with van der Waals surface area (Å²) in [6, 6.07) is 2.82. The van der Waals surface area contributed by atoms with Crippen molar-refractivity contribution in [3.05, 3.63) is 29.3 Å². The molecule has 0 saturated carbocycles. The van der Waals surface area contributed by atoms with Gasteiger partial charge in [-0.05, 0) is 32.4 Å². The highest BCUT2D eigenvalue weighted by Gasteiger charge is 2.20. The zero-order valence-electron chi connectivity index (χ0n) is 11.0. The number of halogens is 2. The van der Waals surface area contributed by atoms with Gasteiger partial charge in [-0.15, -0.1) is 0 Å². The Hall–Kier alpha value is -1.27. The number of hydrogen-bond acceptors (Lipinski definition) is 3. The molecule has 0 heterocycles. The molecule has 1 aromatic rings. The molecule has 0 aliphatic carbocycles. The summed E-state index contributed by atoms with van der Waals surface area (Å²) >= 11 is 4.66. The van der Waals surface area contributed by atoms with Crippen molar-refractivity contribution in [3.63, 3.8) is 0 Å². The normalized spacial score (nSPS) is 10.8. The van der Waals surface area contributed by atoms with Gasteiger partial charge < -0.3 is 15.7 Å². The summed E-state index contributed by atoms with van der Waals surface area (Å²) in [5.41, 5.74) is 5.39. The van der Waals surface area contributed by atoms with Gasteiger partial charge in [-0.1, -0.05) is 12.2 Å². The van der Waals surface area contributed by atoms with Crippen molar-refractivity contribution in [2.24, 2.45) is 5.73 Å². The highest BCUT2D eigenvalue weighted by molar-refractivity contribution is 7.80. The number of hydrogen-bond donors (Lipinski definition) is 2.